The van der Waals surface area contributed by atoms with Gasteiger partial charge in [-0.2, -0.15) is 0 Å². The van der Waals surface area contributed by atoms with Crippen LogP contribution in [0.4, 0.5) is 0 Å². The van der Waals surface area contributed by atoms with E-state index >= 15 is 0 Å². The highest BCUT2D eigenvalue weighted by Crippen LogP contribution is 2.01. The molecule has 2 atom stereocenters. The van der Waals surface area contributed by atoms with Crippen LogP contribution in [-0.4, -0.2) is 19.3 Å². The predicted molar refractivity (Wildman–Crippen MR) is 42.5 cm³/mol. The summed E-state index contributed by atoms with van der Waals surface area (Å²) in [5.41, 5.74) is 5.48. The Labute approximate surface area is 62.7 Å². The molecule has 10 heavy (non-hydrogen) atoms. The Kier molecular flexibility index (Phi) is 5.00. The Morgan fingerprint density at radius 2 is 2.20 bits per heavy atom. The van der Waals surface area contributed by atoms with Gasteiger partial charge in [0.25, 0.3) is 0 Å². The molecule has 0 saturated carbocycles. The van der Waals surface area contributed by atoms with Crippen LogP contribution in [0.3, 0.4) is 0 Å². The van der Waals surface area contributed by atoms with Gasteiger partial charge in [0.2, 0.25) is 0 Å². The van der Waals surface area contributed by atoms with E-state index in [-0.39, 0.29) is 12.1 Å². The summed E-state index contributed by atoms with van der Waals surface area (Å²) in [6.07, 6.45) is 7.12. The summed E-state index contributed by atoms with van der Waals surface area (Å²) in [6.45, 7) is 2.00. The van der Waals surface area contributed by atoms with Gasteiger partial charge < -0.3 is 10.5 Å². The number of methoxy groups -OCH3 is 1. The minimum absolute atomic E-state index is 0.113. The summed E-state index contributed by atoms with van der Waals surface area (Å²) in [6, 6.07) is -0.113. The van der Waals surface area contributed by atoms with Crippen molar-refractivity contribution < 1.29 is 4.74 Å². The largest absolute Gasteiger partial charge is 0.382 e. The molecule has 2 unspecified atom stereocenters. The van der Waals surface area contributed by atoms with Gasteiger partial charge in [0.1, 0.15) is 0 Å². The van der Waals surface area contributed by atoms with Crippen LogP contribution in [0.1, 0.15) is 19.8 Å². The van der Waals surface area contributed by atoms with Gasteiger partial charge in [-0.15, -0.1) is 6.42 Å². The van der Waals surface area contributed by atoms with E-state index in [1.54, 1.807) is 7.11 Å². The van der Waals surface area contributed by atoms with Crippen LogP contribution in [0.2, 0.25) is 0 Å². The molecule has 0 aliphatic rings. The molecule has 0 aromatic carbocycles. The first-order valence-electron chi connectivity index (χ1n) is 3.45. The molecular formula is C8H15NO. The third-order valence-electron chi connectivity index (χ3n) is 1.50. The zero-order chi connectivity index (χ0) is 7.98. The van der Waals surface area contributed by atoms with Crippen LogP contribution in [-0.2, 0) is 4.74 Å². The fourth-order valence-electron chi connectivity index (χ4n) is 0.615. The molecule has 0 amide bonds. The van der Waals surface area contributed by atoms with Gasteiger partial charge in [0.15, 0.2) is 0 Å². The Bertz CT molecular complexity index is 117. The fraction of sp³-hybridized carbons (Fsp3) is 0.750. The molecule has 0 fully saturated rings. The third-order valence-corrected chi connectivity index (χ3v) is 1.50. The zero-order valence-electron chi connectivity index (χ0n) is 6.63. The average molecular weight is 141 g/mol. The van der Waals surface area contributed by atoms with Crippen molar-refractivity contribution in [1.82, 2.24) is 0 Å². The third kappa shape index (κ3) is 4.37. The molecule has 0 rings (SSSR count). The highest BCUT2D eigenvalue weighted by atomic mass is 16.5. The van der Waals surface area contributed by atoms with Crippen molar-refractivity contribution in [3.63, 3.8) is 0 Å². The molecule has 58 valence electrons. The Morgan fingerprint density at radius 1 is 1.60 bits per heavy atom. The first-order chi connectivity index (χ1) is 4.70. The lowest BCUT2D eigenvalue weighted by molar-refractivity contribution is 0.108. The molecule has 0 radical (unpaired) electrons. The number of hydrogen-bond acceptors (Lipinski definition) is 2. The van der Waals surface area contributed by atoms with Crippen molar-refractivity contribution >= 4 is 0 Å². The standard InChI is InChI=1S/C8H15NO/c1-4-8(9)6-5-7(2)10-3/h1,7-8H,5-6,9H2,2-3H3. The van der Waals surface area contributed by atoms with Gasteiger partial charge in [-0.05, 0) is 19.8 Å². The number of nitrogens with two attached hydrogens (primary N) is 1. The van der Waals surface area contributed by atoms with Gasteiger partial charge in [-0.25, -0.2) is 0 Å². The number of ether oxygens (including phenoxy) is 1. The topological polar surface area (TPSA) is 35.2 Å². The van der Waals surface area contributed by atoms with Crippen LogP contribution >= 0.6 is 0 Å². The second-order valence-corrected chi connectivity index (χ2v) is 2.40. The normalized spacial score (nSPS) is 15.8. The molecule has 2 heteroatoms. The minimum Gasteiger partial charge on any atom is -0.382 e. The van der Waals surface area contributed by atoms with E-state index in [0.717, 1.165) is 12.8 Å². The lowest BCUT2D eigenvalue weighted by Gasteiger charge is -2.09. The van der Waals surface area contributed by atoms with Crippen LogP contribution in [0.15, 0.2) is 0 Å². The van der Waals surface area contributed by atoms with Crippen molar-refractivity contribution in [3.05, 3.63) is 0 Å². The number of rotatable bonds is 4. The molecule has 0 aliphatic heterocycles. The summed E-state index contributed by atoms with van der Waals surface area (Å²) in [5.74, 6) is 2.47. The molecule has 0 heterocycles. The minimum atomic E-state index is -0.113. The lowest BCUT2D eigenvalue weighted by atomic mass is 10.1. The highest BCUT2D eigenvalue weighted by molar-refractivity contribution is 4.96. The van der Waals surface area contributed by atoms with Crippen molar-refractivity contribution in [2.75, 3.05) is 7.11 Å². The van der Waals surface area contributed by atoms with Crippen LogP contribution < -0.4 is 5.73 Å². The molecular weight excluding hydrogens is 126 g/mol. The molecule has 0 spiro atoms. The van der Waals surface area contributed by atoms with Crippen molar-refractivity contribution in [2.45, 2.75) is 31.9 Å². The molecule has 0 aliphatic carbocycles. The second-order valence-electron chi connectivity index (χ2n) is 2.40. The van der Waals surface area contributed by atoms with Gasteiger partial charge in [-0.3, -0.25) is 0 Å². The quantitative estimate of drug-likeness (QED) is 0.587. The van der Waals surface area contributed by atoms with E-state index < -0.39 is 0 Å². The van der Waals surface area contributed by atoms with E-state index in [0.29, 0.717) is 0 Å². The number of hydrogen-bond donors (Lipinski definition) is 1. The van der Waals surface area contributed by atoms with Gasteiger partial charge in [0, 0.05) is 7.11 Å². The van der Waals surface area contributed by atoms with Crippen LogP contribution in [0.5, 0.6) is 0 Å². The summed E-state index contributed by atoms with van der Waals surface area (Å²) >= 11 is 0. The second kappa shape index (κ2) is 5.28. The first kappa shape index (κ1) is 9.48. The van der Waals surface area contributed by atoms with Crippen molar-refractivity contribution in [2.24, 2.45) is 5.73 Å². The summed E-state index contributed by atoms with van der Waals surface area (Å²) in [5, 5.41) is 0. The van der Waals surface area contributed by atoms with Crippen molar-refractivity contribution in [1.29, 1.82) is 0 Å². The highest BCUT2D eigenvalue weighted by Gasteiger charge is 2.02. The Morgan fingerprint density at radius 3 is 2.60 bits per heavy atom. The van der Waals surface area contributed by atoms with Crippen LogP contribution in [0, 0.1) is 12.3 Å². The van der Waals surface area contributed by atoms with Gasteiger partial charge >= 0.3 is 0 Å². The summed E-state index contributed by atoms with van der Waals surface area (Å²) in [4.78, 5) is 0. The van der Waals surface area contributed by atoms with E-state index in [2.05, 4.69) is 5.92 Å². The van der Waals surface area contributed by atoms with E-state index in [1.807, 2.05) is 6.92 Å². The molecule has 0 aromatic heterocycles. The predicted octanol–water partition coefficient (Wildman–Crippen LogP) is 0.762. The van der Waals surface area contributed by atoms with Crippen molar-refractivity contribution in [3.8, 4) is 12.3 Å². The Hall–Kier alpha value is -0.520. The monoisotopic (exact) mass is 141 g/mol. The SMILES string of the molecule is C#CC(N)CCC(C)OC. The molecule has 2 nitrogen and oxygen atoms in total. The molecule has 2 N–H and O–H groups in total. The van der Waals surface area contributed by atoms with E-state index in [9.17, 15) is 0 Å². The first-order valence-corrected chi connectivity index (χ1v) is 3.45. The van der Waals surface area contributed by atoms with Gasteiger partial charge in [0.05, 0.1) is 12.1 Å². The fourth-order valence-corrected chi connectivity index (χ4v) is 0.615. The van der Waals surface area contributed by atoms with E-state index in [1.165, 1.54) is 0 Å². The summed E-state index contributed by atoms with van der Waals surface area (Å²) < 4.78 is 5.02. The molecule has 0 aromatic rings. The van der Waals surface area contributed by atoms with Crippen LogP contribution in [0.25, 0.3) is 0 Å². The zero-order valence-corrected chi connectivity index (χ0v) is 6.63. The maximum Gasteiger partial charge on any atom is 0.0662 e. The molecule has 0 bridgehead atoms. The van der Waals surface area contributed by atoms with Gasteiger partial charge in [-0.1, -0.05) is 5.92 Å². The summed E-state index contributed by atoms with van der Waals surface area (Å²) in [7, 11) is 1.69. The maximum atomic E-state index is 5.48. The smallest absolute Gasteiger partial charge is 0.0662 e. The molecule has 0 saturated heterocycles. The maximum absolute atomic E-state index is 5.48. The number of terminal acetylenes is 1. The Balaban J connectivity index is 3.28. The van der Waals surface area contributed by atoms with E-state index in [4.69, 9.17) is 16.9 Å². The lowest BCUT2D eigenvalue weighted by Crippen LogP contribution is -2.19. The average Bonchev–Trinajstić information content (AvgIpc) is 1.99.